The molecular formula is C4H13N3O2S. The lowest BCUT2D eigenvalue weighted by Crippen LogP contribution is -2.34. The molecule has 0 saturated carbocycles. The van der Waals surface area contributed by atoms with Gasteiger partial charge in [0.15, 0.2) is 0 Å². The maximum absolute atomic E-state index is 10.5. The number of hydrogen-bond acceptors (Lipinski definition) is 3. The van der Waals surface area contributed by atoms with Gasteiger partial charge in [-0.15, -0.1) is 0 Å². The molecule has 0 atom stereocenters. The van der Waals surface area contributed by atoms with E-state index in [0.29, 0.717) is 19.5 Å². The third kappa shape index (κ3) is 3.78. The molecule has 0 aliphatic heterocycles. The van der Waals surface area contributed by atoms with E-state index < -0.39 is 10.2 Å². The second-order valence-corrected chi connectivity index (χ2v) is 3.66. The summed E-state index contributed by atoms with van der Waals surface area (Å²) >= 11 is 0. The van der Waals surface area contributed by atoms with Crippen molar-refractivity contribution in [2.75, 3.05) is 20.1 Å². The van der Waals surface area contributed by atoms with Crippen LogP contribution in [0.4, 0.5) is 0 Å². The standard InChI is InChI=1S/C4H13N3O2S/c1-7(4-2-3-5)10(6,8)9/h2-5H2,1H3,(H2,6,8,9). The van der Waals surface area contributed by atoms with Crippen molar-refractivity contribution in [3.63, 3.8) is 0 Å². The minimum atomic E-state index is -3.50. The third-order valence-electron chi connectivity index (χ3n) is 1.11. The molecule has 0 bridgehead atoms. The number of rotatable bonds is 4. The molecule has 5 nitrogen and oxygen atoms in total. The first-order valence-electron chi connectivity index (χ1n) is 2.92. The van der Waals surface area contributed by atoms with Gasteiger partial charge in [0.25, 0.3) is 10.2 Å². The highest BCUT2D eigenvalue weighted by Gasteiger charge is 2.08. The molecule has 4 N–H and O–H groups in total. The summed E-state index contributed by atoms with van der Waals surface area (Å²) in [6.07, 6.45) is 0.632. The molecule has 0 aliphatic rings. The molecule has 0 unspecified atom stereocenters. The van der Waals surface area contributed by atoms with Crippen molar-refractivity contribution in [2.24, 2.45) is 10.9 Å². The van der Waals surface area contributed by atoms with E-state index in [1.54, 1.807) is 0 Å². The van der Waals surface area contributed by atoms with Gasteiger partial charge in [0, 0.05) is 13.6 Å². The summed E-state index contributed by atoms with van der Waals surface area (Å²) in [6, 6.07) is 0. The van der Waals surface area contributed by atoms with Gasteiger partial charge in [0.05, 0.1) is 0 Å². The largest absolute Gasteiger partial charge is 0.330 e. The summed E-state index contributed by atoms with van der Waals surface area (Å²) in [5.74, 6) is 0. The molecule has 6 heteroatoms. The van der Waals surface area contributed by atoms with Crippen molar-refractivity contribution in [3.8, 4) is 0 Å². The molecule has 0 spiro atoms. The van der Waals surface area contributed by atoms with E-state index in [1.807, 2.05) is 0 Å². The molecule has 0 aromatic carbocycles. The van der Waals surface area contributed by atoms with Crippen molar-refractivity contribution in [3.05, 3.63) is 0 Å². The monoisotopic (exact) mass is 167 g/mol. The van der Waals surface area contributed by atoms with Gasteiger partial charge < -0.3 is 5.73 Å². The summed E-state index contributed by atoms with van der Waals surface area (Å²) < 4.78 is 22.1. The fraction of sp³-hybridized carbons (Fsp3) is 1.00. The molecule has 62 valence electrons. The zero-order valence-corrected chi connectivity index (χ0v) is 6.76. The average Bonchev–Trinajstić information content (AvgIpc) is 1.80. The maximum atomic E-state index is 10.5. The van der Waals surface area contributed by atoms with E-state index in [9.17, 15) is 8.42 Å². The Labute approximate surface area is 61.2 Å². The van der Waals surface area contributed by atoms with Crippen LogP contribution in [0, 0.1) is 0 Å². The van der Waals surface area contributed by atoms with Crippen molar-refractivity contribution >= 4 is 10.2 Å². The van der Waals surface area contributed by atoms with E-state index in [-0.39, 0.29) is 0 Å². The van der Waals surface area contributed by atoms with Gasteiger partial charge in [0.2, 0.25) is 0 Å². The Morgan fingerprint density at radius 2 is 2.00 bits per heavy atom. The lowest BCUT2D eigenvalue weighted by atomic mass is 10.4. The predicted molar refractivity (Wildman–Crippen MR) is 39.4 cm³/mol. The summed E-state index contributed by atoms with van der Waals surface area (Å²) in [6.45, 7) is 0.856. The number of nitrogens with zero attached hydrogens (tertiary/aromatic N) is 1. The second-order valence-electron chi connectivity index (χ2n) is 2.01. The summed E-state index contributed by atoms with van der Waals surface area (Å²) in [4.78, 5) is 0. The minimum absolute atomic E-state index is 0.384. The van der Waals surface area contributed by atoms with Gasteiger partial charge in [-0.3, -0.25) is 0 Å². The van der Waals surface area contributed by atoms with E-state index in [4.69, 9.17) is 10.9 Å². The van der Waals surface area contributed by atoms with Crippen LogP contribution in [0.5, 0.6) is 0 Å². The third-order valence-corrected chi connectivity index (χ3v) is 2.16. The molecule has 0 saturated heterocycles. The fourth-order valence-corrected chi connectivity index (χ4v) is 0.825. The highest BCUT2D eigenvalue weighted by atomic mass is 32.2. The maximum Gasteiger partial charge on any atom is 0.276 e. The molecule has 0 radical (unpaired) electrons. The van der Waals surface area contributed by atoms with Gasteiger partial charge in [-0.2, -0.15) is 12.7 Å². The molecule has 10 heavy (non-hydrogen) atoms. The van der Waals surface area contributed by atoms with Crippen molar-refractivity contribution in [1.82, 2.24) is 4.31 Å². The topological polar surface area (TPSA) is 89.4 Å². The minimum Gasteiger partial charge on any atom is -0.330 e. The Bertz CT molecular complexity index is 177. The quantitative estimate of drug-likeness (QED) is 0.532. The van der Waals surface area contributed by atoms with Crippen LogP contribution in [0.2, 0.25) is 0 Å². The molecule has 0 fully saturated rings. The normalized spacial score (nSPS) is 12.4. The summed E-state index contributed by atoms with van der Waals surface area (Å²) in [5, 5.41) is 4.78. The van der Waals surface area contributed by atoms with Crippen LogP contribution < -0.4 is 10.9 Å². The molecule has 0 amide bonds. The predicted octanol–water partition coefficient (Wildman–Crippen LogP) is -1.53. The van der Waals surface area contributed by atoms with Crippen molar-refractivity contribution in [1.29, 1.82) is 0 Å². The van der Waals surface area contributed by atoms with E-state index >= 15 is 0 Å². The van der Waals surface area contributed by atoms with Crippen LogP contribution in [0.15, 0.2) is 0 Å². The molecular weight excluding hydrogens is 154 g/mol. The van der Waals surface area contributed by atoms with Crippen LogP contribution in [0.1, 0.15) is 6.42 Å². The molecule has 0 aromatic heterocycles. The van der Waals surface area contributed by atoms with Crippen molar-refractivity contribution < 1.29 is 8.42 Å². The zero-order valence-electron chi connectivity index (χ0n) is 5.95. The SMILES string of the molecule is CN(CCCN)S(N)(=O)=O. The van der Waals surface area contributed by atoms with E-state index in [1.165, 1.54) is 7.05 Å². The summed E-state index contributed by atoms with van der Waals surface area (Å²) in [7, 11) is -2.08. The first-order chi connectivity index (χ1) is 4.48. The Balaban J connectivity index is 3.75. The Kier molecular flexibility index (Phi) is 3.80. The van der Waals surface area contributed by atoms with Gasteiger partial charge in [-0.05, 0) is 13.0 Å². The first-order valence-corrected chi connectivity index (χ1v) is 4.43. The van der Waals surface area contributed by atoms with Gasteiger partial charge in [-0.1, -0.05) is 0 Å². The van der Waals surface area contributed by atoms with Crippen LogP contribution in [0.3, 0.4) is 0 Å². The number of nitrogens with two attached hydrogens (primary N) is 2. The molecule has 0 heterocycles. The molecule has 0 rings (SSSR count). The van der Waals surface area contributed by atoms with Crippen LogP contribution in [-0.4, -0.2) is 32.9 Å². The van der Waals surface area contributed by atoms with Crippen LogP contribution >= 0.6 is 0 Å². The second kappa shape index (κ2) is 3.87. The zero-order chi connectivity index (χ0) is 8.20. The fourth-order valence-electron chi connectivity index (χ4n) is 0.441. The van der Waals surface area contributed by atoms with E-state index in [0.717, 1.165) is 4.31 Å². The highest BCUT2D eigenvalue weighted by molar-refractivity contribution is 7.86. The van der Waals surface area contributed by atoms with E-state index in [2.05, 4.69) is 0 Å². The Morgan fingerprint density at radius 1 is 1.50 bits per heavy atom. The van der Waals surface area contributed by atoms with Crippen LogP contribution in [0.25, 0.3) is 0 Å². The summed E-state index contributed by atoms with van der Waals surface area (Å²) in [5.41, 5.74) is 5.16. The molecule has 0 aromatic rings. The first kappa shape index (κ1) is 9.83. The molecule has 0 aliphatic carbocycles. The van der Waals surface area contributed by atoms with Gasteiger partial charge in [0.1, 0.15) is 0 Å². The smallest absolute Gasteiger partial charge is 0.276 e. The number of hydrogen-bond donors (Lipinski definition) is 2. The van der Waals surface area contributed by atoms with Crippen LogP contribution in [-0.2, 0) is 10.2 Å². The Morgan fingerprint density at radius 3 is 2.30 bits per heavy atom. The lowest BCUT2D eigenvalue weighted by Gasteiger charge is -2.11. The Hall–Kier alpha value is -0.170. The lowest BCUT2D eigenvalue weighted by molar-refractivity contribution is 0.465. The highest BCUT2D eigenvalue weighted by Crippen LogP contribution is 1.89. The van der Waals surface area contributed by atoms with Crippen molar-refractivity contribution in [2.45, 2.75) is 6.42 Å². The van der Waals surface area contributed by atoms with Gasteiger partial charge >= 0.3 is 0 Å². The van der Waals surface area contributed by atoms with Gasteiger partial charge in [-0.25, -0.2) is 5.14 Å². The average molecular weight is 167 g/mol.